The molecule has 35 heavy (non-hydrogen) atoms. The third kappa shape index (κ3) is 4.40. The van der Waals surface area contributed by atoms with Gasteiger partial charge in [-0.2, -0.15) is 18.3 Å². The van der Waals surface area contributed by atoms with Gasteiger partial charge >= 0.3 is 6.18 Å². The molecule has 1 N–H and O–H groups in total. The minimum atomic E-state index is -4.52. The lowest BCUT2D eigenvalue weighted by Gasteiger charge is -2.32. The monoisotopic (exact) mass is 497 g/mol. The summed E-state index contributed by atoms with van der Waals surface area (Å²) in [5.41, 5.74) is 3.71. The lowest BCUT2D eigenvalue weighted by atomic mass is 9.90. The third-order valence-electron chi connectivity index (χ3n) is 5.76. The maximum absolute atomic E-state index is 12.9. The van der Waals surface area contributed by atoms with Gasteiger partial charge in [-0.05, 0) is 65.6 Å². The minimum absolute atomic E-state index is 0.0689. The Labute approximate surface area is 204 Å². The Hall–Kier alpha value is -3.69. The van der Waals surface area contributed by atoms with Crippen molar-refractivity contribution >= 4 is 28.6 Å². The van der Waals surface area contributed by atoms with E-state index in [1.165, 1.54) is 11.1 Å². The molecule has 178 valence electrons. The molecule has 6 nitrogen and oxygen atoms in total. The molecule has 0 saturated heterocycles. The van der Waals surface area contributed by atoms with Crippen LogP contribution in [0.2, 0.25) is 5.02 Å². The highest BCUT2D eigenvalue weighted by Crippen LogP contribution is 2.40. The molecule has 0 saturated carbocycles. The van der Waals surface area contributed by atoms with E-state index in [1.807, 2.05) is 37.3 Å². The van der Waals surface area contributed by atoms with Crippen LogP contribution in [0.4, 0.5) is 13.2 Å². The maximum atomic E-state index is 12.9. The molecule has 0 bridgehead atoms. The van der Waals surface area contributed by atoms with Crippen molar-refractivity contribution in [1.82, 2.24) is 19.9 Å². The summed E-state index contributed by atoms with van der Waals surface area (Å²) in [5.74, 6) is 0.522. The summed E-state index contributed by atoms with van der Waals surface area (Å²) in [6, 6.07) is 13.4. The molecule has 2 aromatic heterocycles. The predicted octanol–water partition coefficient (Wildman–Crippen LogP) is 5.38. The van der Waals surface area contributed by atoms with Crippen molar-refractivity contribution in [2.45, 2.75) is 26.0 Å². The molecule has 2 aliphatic heterocycles. The van der Waals surface area contributed by atoms with Gasteiger partial charge in [0.2, 0.25) is 6.35 Å². The molecule has 5 rings (SSSR count). The van der Waals surface area contributed by atoms with Crippen LogP contribution >= 0.6 is 11.6 Å². The summed E-state index contributed by atoms with van der Waals surface area (Å²) in [6.45, 7) is 1.93. The second-order valence-electron chi connectivity index (χ2n) is 8.10. The Morgan fingerprint density at radius 1 is 1.00 bits per heavy atom. The first-order valence-corrected chi connectivity index (χ1v) is 11.0. The fraction of sp³-hybridized carbons (Fsp3) is 0.160. The van der Waals surface area contributed by atoms with E-state index in [2.05, 4.69) is 15.1 Å². The number of hydrogen-bond donors (Lipinski definition) is 1. The molecule has 1 atom stereocenters. The molecule has 2 aliphatic rings. The van der Waals surface area contributed by atoms with Gasteiger partial charge in [0, 0.05) is 34.9 Å². The van der Waals surface area contributed by atoms with Crippen molar-refractivity contribution in [2.75, 3.05) is 0 Å². The van der Waals surface area contributed by atoms with Crippen molar-refractivity contribution in [3.63, 3.8) is 0 Å². The van der Waals surface area contributed by atoms with Crippen LogP contribution in [0, 0.1) is 0 Å². The van der Waals surface area contributed by atoms with E-state index in [4.69, 9.17) is 11.6 Å². The number of fused-ring (bicyclic) bond motifs is 1. The number of amidine groups is 1. The number of nitrogens with zero attached hydrogens (tertiary/aromatic N) is 5. The van der Waals surface area contributed by atoms with Gasteiger partial charge in [0.15, 0.2) is 5.84 Å². The van der Waals surface area contributed by atoms with Gasteiger partial charge in [-0.1, -0.05) is 29.8 Å². The molecule has 0 amide bonds. The van der Waals surface area contributed by atoms with Crippen LogP contribution in [0.5, 0.6) is 0 Å². The number of pyridine rings is 2. The fourth-order valence-corrected chi connectivity index (χ4v) is 4.23. The Bertz CT molecular complexity index is 1340. The van der Waals surface area contributed by atoms with Crippen LogP contribution in [0.15, 0.2) is 84.0 Å². The van der Waals surface area contributed by atoms with Gasteiger partial charge in [-0.3, -0.25) is 14.9 Å². The van der Waals surface area contributed by atoms with Crippen molar-refractivity contribution in [3.8, 4) is 0 Å². The summed E-state index contributed by atoms with van der Waals surface area (Å²) in [7, 11) is 0. The molecule has 3 aromatic rings. The molecule has 0 aliphatic carbocycles. The number of aromatic nitrogens is 2. The first-order valence-electron chi connectivity index (χ1n) is 10.7. The number of hydrazone groups is 1. The lowest BCUT2D eigenvalue weighted by Crippen LogP contribution is -2.42. The maximum Gasteiger partial charge on any atom is 0.433 e. The summed E-state index contributed by atoms with van der Waals surface area (Å²) in [6.07, 6.45) is 0.798. The van der Waals surface area contributed by atoms with Gasteiger partial charge in [0.1, 0.15) is 5.69 Å². The van der Waals surface area contributed by atoms with E-state index in [-0.39, 0.29) is 6.54 Å². The van der Waals surface area contributed by atoms with Crippen LogP contribution in [0.3, 0.4) is 0 Å². The second kappa shape index (κ2) is 8.83. The Morgan fingerprint density at radius 2 is 1.71 bits per heavy atom. The van der Waals surface area contributed by atoms with Crippen molar-refractivity contribution in [1.29, 1.82) is 0 Å². The molecule has 4 heterocycles. The van der Waals surface area contributed by atoms with E-state index < -0.39 is 18.2 Å². The average Bonchev–Trinajstić information content (AvgIpc) is 3.16. The molecule has 0 spiro atoms. The van der Waals surface area contributed by atoms with E-state index in [1.54, 1.807) is 29.4 Å². The van der Waals surface area contributed by atoms with E-state index in [0.29, 0.717) is 16.4 Å². The Morgan fingerprint density at radius 3 is 2.34 bits per heavy atom. The number of hydrogen-bond acceptors (Lipinski definition) is 6. The normalized spacial score (nSPS) is 17.9. The van der Waals surface area contributed by atoms with Crippen LogP contribution in [-0.2, 0) is 12.7 Å². The topological polar surface area (TPSA) is 64.8 Å². The van der Waals surface area contributed by atoms with Crippen LogP contribution in [0.1, 0.15) is 29.3 Å². The SMILES string of the molecule is CC1=CC(c2ccc(Cl)cc2)=C(c2ccncc2)C2=NN(Cc3ccc(C(F)(F)F)nc3)C(O)N12. The van der Waals surface area contributed by atoms with Crippen molar-refractivity contribution in [2.24, 2.45) is 5.10 Å². The standard InChI is InChI=1S/C25H19ClF3N5O/c1-15-12-20(17-3-5-19(26)6-4-17)22(18-8-10-30-11-9-18)23-32-33(24(35)34(15)23)14-16-2-7-21(31-13-16)25(27,28)29/h2-13,24,35H,14H2,1H3. The summed E-state index contributed by atoms with van der Waals surface area (Å²) >= 11 is 6.09. The number of alkyl halides is 3. The number of allylic oxidation sites excluding steroid dienone is 3. The molecule has 1 unspecified atom stereocenters. The van der Waals surface area contributed by atoms with Gasteiger partial charge in [-0.15, -0.1) is 0 Å². The number of rotatable bonds is 4. The smallest absolute Gasteiger partial charge is 0.355 e. The molecule has 0 fully saturated rings. The number of aliphatic hydroxyl groups excluding tert-OH is 1. The fourth-order valence-electron chi connectivity index (χ4n) is 4.10. The third-order valence-corrected chi connectivity index (χ3v) is 6.01. The highest BCUT2D eigenvalue weighted by atomic mass is 35.5. The zero-order chi connectivity index (χ0) is 24.7. The second-order valence-corrected chi connectivity index (χ2v) is 8.54. The lowest BCUT2D eigenvalue weighted by molar-refractivity contribution is -0.141. The summed E-state index contributed by atoms with van der Waals surface area (Å²) in [5, 5.41) is 17.8. The first-order chi connectivity index (χ1) is 16.7. The number of halogens is 4. The van der Waals surface area contributed by atoms with Crippen molar-refractivity contribution in [3.05, 3.63) is 106 Å². The van der Waals surface area contributed by atoms with Gasteiger partial charge < -0.3 is 5.11 Å². The van der Waals surface area contributed by atoms with Crippen molar-refractivity contribution < 1.29 is 18.3 Å². The van der Waals surface area contributed by atoms with Crippen LogP contribution in [0.25, 0.3) is 11.1 Å². The van der Waals surface area contributed by atoms with E-state index in [0.717, 1.165) is 40.2 Å². The average molecular weight is 498 g/mol. The van der Waals surface area contributed by atoms with Gasteiger partial charge in [0.05, 0.1) is 6.54 Å². The largest absolute Gasteiger partial charge is 0.433 e. The van der Waals surface area contributed by atoms with Crippen LogP contribution in [-0.4, -0.2) is 37.2 Å². The quantitative estimate of drug-likeness (QED) is 0.524. The van der Waals surface area contributed by atoms with E-state index >= 15 is 0 Å². The highest BCUT2D eigenvalue weighted by Gasteiger charge is 2.39. The molecular weight excluding hydrogens is 479 g/mol. The highest BCUT2D eigenvalue weighted by molar-refractivity contribution is 6.33. The number of benzene rings is 1. The molecule has 1 aromatic carbocycles. The van der Waals surface area contributed by atoms with Gasteiger partial charge in [-0.25, -0.2) is 5.01 Å². The molecular formula is C25H19ClF3N5O. The predicted molar refractivity (Wildman–Crippen MR) is 126 cm³/mol. The zero-order valence-electron chi connectivity index (χ0n) is 18.4. The molecule has 10 heteroatoms. The summed E-state index contributed by atoms with van der Waals surface area (Å²) < 4.78 is 38.6. The van der Waals surface area contributed by atoms with Crippen LogP contribution < -0.4 is 0 Å². The Balaban J connectivity index is 1.57. The zero-order valence-corrected chi connectivity index (χ0v) is 19.2. The van der Waals surface area contributed by atoms with E-state index in [9.17, 15) is 18.3 Å². The Kier molecular flexibility index (Phi) is 5.82. The minimum Gasteiger partial charge on any atom is -0.355 e. The summed E-state index contributed by atoms with van der Waals surface area (Å²) in [4.78, 5) is 9.30. The number of aliphatic hydroxyl groups is 1. The van der Waals surface area contributed by atoms with Gasteiger partial charge in [0.25, 0.3) is 0 Å². The first kappa shape index (κ1) is 23.1. The molecule has 0 radical (unpaired) electrons.